The fourth-order valence-electron chi connectivity index (χ4n) is 9.41. The van der Waals surface area contributed by atoms with Crippen LogP contribution in [0.25, 0.3) is 0 Å². The van der Waals surface area contributed by atoms with E-state index in [2.05, 4.69) is 45.1 Å². The molecule has 0 aromatic rings. The lowest BCUT2D eigenvalue weighted by molar-refractivity contribution is -0.161. The van der Waals surface area contributed by atoms with E-state index in [1.807, 2.05) is 0 Å². The Bertz CT molecular complexity index is 1370. The first-order valence-corrected chi connectivity index (χ1v) is 33.7. The Kier molecular flexibility index (Phi) is 57.5. The topological polar surface area (TPSA) is 155 Å². The van der Waals surface area contributed by atoms with Gasteiger partial charge in [-0.2, -0.15) is 0 Å². The van der Waals surface area contributed by atoms with Crippen LogP contribution < -0.4 is 0 Å². The van der Waals surface area contributed by atoms with Gasteiger partial charge in [0.15, 0.2) is 6.10 Å². The highest BCUT2D eigenvalue weighted by molar-refractivity contribution is 7.47. The van der Waals surface area contributed by atoms with Crippen molar-refractivity contribution in [2.45, 2.75) is 341 Å². The molecule has 0 saturated heterocycles. The molecule has 0 aliphatic rings. The van der Waals surface area contributed by atoms with E-state index in [9.17, 15) is 28.9 Å². The van der Waals surface area contributed by atoms with Gasteiger partial charge in [0.05, 0.1) is 19.8 Å². The highest BCUT2D eigenvalue weighted by Gasteiger charge is 2.28. The third-order valence-corrected chi connectivity index (χ3v) is 15.3. The van der Waals surface area contributed by atoms with Crippen molar-refractivity contribution in [2.75, 3.05) is 26.4 Å². The largest absolute Gasteiger partial charge is 0.472 e. The quantitative estimate of drug-likeness (QED) is 0.0197. The standard InChI is InChI=1S/C64H121O11P/c1-4-7-10-13-16-19-22-25-28-30-33-35-38-41-44-47-50-53-62(66)71-57-61(75-64(68)55-52-49-46-43-40-37-34-31-29-26-23-20-17-14-11-8-5-2)59-73-76(69,70)72-58-60(56-65)74-63(67)54-51-48-45-42-39-36-32-27-24-21-18-15-12-9-6-3/h25-26,28-29,60-61,65H,4-24,27,30-59H2,1-3H3,(H,69,70)/b28-25-,29-26-. The second-order valence-electron chi connectivity index (χ2n) is 21.9. The van der Waals surface area contributed by atoms with Crippen molar-refractivity contribution >= 4 is 25.7 Å². The maximum atomic E-state index is 12.9. The molecule has 448 valence electrons. The lowest BCUT2D eigenvalue weighted by Gasteiger charge is -2.21. The van der Waals surface area contributed by atoms with Crippen LogP contribution in [0.15, 0.2) is 24.3 Å². The molecule has 0 fully saturated rings. The Morgan fingerprint density at radius 1 is 0.355 bits per heavy atom. The summed E-state index contributed by atoms with van der Waals surface area (Å²) >= 11 is 0. The van der Waals surface area contributed by atoms with E-state index < -0.39 is 57.8 Å². The molecule has 3 atom stereocenters. The number of allylic oxidation sites excluding steroid dienone is 4. The number of ether oxygens (including phenoxy) is 3. The zero-order valence-corrected chi connectivity index (χ0v) is 50.6. The molecule has 0 aliphatic heterocycles. The number of phosphoric acid groups is 1. The molecule has 0 heterocycles. The lowest BCUT2D eigenvalue weighted by atomic mass is 10.0. The molecule has 76 heavy (non-hydrogen) atoms. The van der Waals surface area contributed by atoms with E-state index in [-0.39, 0.29) is 25.9 Å². The predicted octanol–water partition coefficient (Wildman–Crippen LogP) is 19.4. The number of esters is 3. The minimum Gasteiger partial charge on any atom is -0.462 e. The zero-order valence-electron chi connectivity index (χ0n) is 49.7. The van der Waals surface area contributed by atoms with E-state index in [1.165, 1.54) is 199 Å². The number of phosphoric ester groups is 1. The SMILES string of the molecule is CCCCCCCC/C=C\CCCCCCCCCC(=O)OCC(COP(=O)(O)OCC(CO)OC(=O)CCCCCCCCCCCCCCCCC)OC(=O)CCCCCCCCC/C=C\CCCCCCCC. The predicted molar refractivity (Wildman–Crippen MR) is 316 cm³/mol. The number of aliphatic hydroxyl groups is 1. The van der Waals surface area contributed by atoms with Gasteiger partial charge in [-0.1, -0.05) is 263 Å². The number of hydrogen-bond donors (Lipinski definition) is 2. The van der Waals surface area contributed by atoms with Gasteiger partial charge in [-0.3, -0.25) is 23.4 Å². The molecular weight excluding hydrogens is 976 g/mol. The summed E-state index contributed by atoms with van der Waals surface area (Å²) in [6, 6.07) is 0. The highest BCUT2D eigenvalue weighted by Crippen LogP contribution is 2.43. The van der Waals surface area contributed by atoms with Gasteiger partial charge < -0.3 is 24.2 Å². The van der Waals surface area contributed by atoms with Crippen molar-refractivity contribution in [2.24, 2.45) is 0 Å². The molecule has 0 amide bonds. The average molecular weight is 1100 g/mol. The molecule has 0 aromatic carbocycles. The smallest absolute Gasteiger partial charge is 0.462 e. The fourth-order valence-corrected chi connectivity index (χ4v) is 10.2. The Morgan fingerprint density at radius 3 is 0.908 bits per heavy atom. The number of carbonyl (C=O) groups excluding carboxylic acids is 3. The van der Waals surface area contributed by atoms with Crippen LogP contribution in [0.2, 0.25) is 0 Å². The van der Waals surface area contributed by atoms with Crippen LogP contribution >= 0.6 is 7.82 Å². The summed E-state index contributed by atoms with van der Waals surface area (Å²) in [6.07, 6.45) is 61.2. The molecule has 0 rings (SSSR count). The normalized spacial score (nSPS) is 13.4. The monoisotopic (exact) mass is 1100 g/mol. The van der Waals surface area contributed by atoms with Crippen LogP contribution in [0.5, 0.6) is 0 Å². The fraction of sp³-hybridized carbons (Fsp3) is 0.891. The van der Waals surface area contributed by atoms with Crippen molar-refractivity contribution in [3.05, 3.63) is 24.3 Å². The van der Waals surface area contributed by atoms with Crippen LogP contribution in [0.1, 0.15) is 329 Å². The number of carbonyl (C=O) groups is 3. The van der Waals surface area contributed by atoms with Crippen LogP contribution in [0, 0.1) is 0 Å². The molecule has 0 spiro atoms. The number of unbranched alkanes of at least 4 members (excludes halogenated alkanes) is 40. The number of rotatable bonds is 61. The van der Waals surface area contributed by atoms with Crippen molar-refractivity contribution in [3.8, 4) is 0 Å². The third-order valence-electron chi connectivity index (χ3n) is 14.3. The van der Waals surface area contributed by atoms with Gasteiger partial charge in [0.25, 0.3) is 0 Å². The summed E-state index contributed by atoms with van der Waals surface area (Å²) in [6.45, 7) is 4.70. The molecule has 0 radical (unpaired) electrons. The Morgan fingerprint density at radius 2 is 0.605 bits per heavy atom. The summed E-state index contributed by atoms with van der Waals surface area (Å²) in [4.78, 5) is 48.7. The summed E-state index contributed by atoms with van der Waals surface area (Å²) in [5.41, 5.74) is 0. The summed E-state index contributed by atoms with van der Waals surface area (Å²) in [5.74, 6) is -1.44. The Balaban J connectivity index is 4.67. The Labute approximate surface area is 468 Å². The first-order chi connectivity index (χ1) is 37.2. The van der Waals surface area contributed by atoms with Gasteiger partial charge in [0.1, 0.15) is 12.7 Å². The van der Waals surface area contributed by atoms with E-state index in [0.717, 1.165) is 70.6 Å². The molecular formula is C64H121O11P. The number of hydrogen-bond acceptors (Lipinski definition) is 10. The summed E-state index contributed by atoms with van der Waals surface area (Å²) < 4.78 is 39.7. The van der Waals surface area contributed by atoms with Gasteiger partial charge in [-0.05, 0) is 70.6 Å². The van der Waals surface area contributed by atoms with Gasteiger partial charge in [-0.25, -0.2) is 4.57 Å². The molecule has 11 nitrogen and oxygen atoms in total. The molecule has 2 N–H and O–H groups in total. The van der Waals surface area contributed by atoms with Gasteiger partial charge in [0.2, 0.25) is 0 Å². The van der Waals surface area contributed by atoms with Gasteiger partial charge >= 0.3 is 25.7 Å². The van der Waals surface area contributed by atoms with Crippen molar-refractivity contribution in [3.63, 3.8) is 0 Å². The van der Waals surface area contributed by atoms with Crippen molar-refractivity contribution < 1.29 is 52.2 Å². The van der Waals surface area contributed by atoms with Gasteiger partial charge in [-0.15, -0.1) is 0 Å². The highest BCUT2D eigenvalue weighted by atomic mass is 31.2. The van der Waals surface area contributed by atoms with Gasteiger partial charge in [0, 0.05) is 19.3 Å². The Hall–Kier alpha value is -2.04. The minimum atomic E-state index is -4.75. The molecule has 12 heteroatoms. The lowest BCUT2D eigenvalue weighted by Crippen LogP contribution is -2.30. The minimum absolute atomic E-state index is 0.167. The van der Waals surface area contributed by atoms with E-state index in [1.54, 1.807) is 0 Å². The van der Waals surface area contributed by atoms with E-state index in [0.29, 0.717) is 19.3 Å². The zero-order chi connectivity index (χ0) is 55.5. The first-order valence-electron chi connectivity index (χ1n) is 32.2. The van der Waals surface area contributed by atoms with Crippen molar-refractivity contribution in [1.29, 1.82) is 0 Å². The summed E-state index contributed by atoms with van der Waals surface area (Å²) in [7, 11) is -4.75. The van der Waals surface area contributed by atoms with E-state index >= 15 is 0 Å². The molecule has 0 aliphatic carbocycles. The summed E-state index contributed by atoms with van der Waals surface area (Å²) in [5, 5.41) is 9.84. The second kappa shape index (κ2) is 59.1. The van der Waals surface area contributed by atoms with E-state index in [4.69, 9.17) is 23.3 Å². The molecule has 0 saturated carbocycles. The average Bonchev–Trinajstić information content (AvgIpc) is 3.41. The van der Waals surface area contributed by atoms with Crippen LogP contribution in [-0.2, 0) is 42.2 Å². The number of aliphatic hydroxyl groups excluding tert-OH is 1. The van der Waals surface area contributed by atoms with Crippen LogP contribution in [0.3, 0.4) is 0 Å². The first kappa shape index (κ1) is 74.0. The molecule has 0 aromatic heterocycles. The molecule has 3 unspecified atom stereocenters. The third kappa shape index (κ3) is 56.7. The second-order valence-corrected chi connectivity index (χ2v) is 23.4. The van der Waals surface area contributed by atoms with Crippen molar-refractivity contribution in [1.82, 2.24) is 0 Å². The maximum Gasteiger partial charge on any atom is 0.472 e. The van der Waals surface area contributed by atoms with Crippen LogP contribution in [0.4, 0.5) is 0 Å². The van der Waals surface area contributed by atoms with Crippen LogP contribution in [-0.4, -0.2) is 66.5 Å². The maximum absolute atomic E-state index is 12.9. The molecule has 0 bridgehead atoms.